The minimum absolute atomic E-state index is 0.296. The van der Waals surface area contributed by atoms with Gasteiger partial charge in [0, 0.05) is 12.7 Å². The second kappa shape index (κ2) is 15.4. The molecule has 0 radical (unpaired) electrons. The standard InChI is InChI=1S/C8H16O3Si.C4H6O4/c1-3-8(9)10-6-5-7-12-11-4-2;5-3(6)1-2-4(7)8/h3H,1,4-7,12H2,2H3;1-2H2,(H,5,6)(H,7,8). The molecule has 0 fully saturated rings. The summed E-state index contributed by atoms with van der Waals surface area (Å²) in [5, 5.41) is 15.8. The van der Waals surface area contributed by atoms with Crippen LogP contribution in [0.2, 0.25) is 6.04 Å². The predicted molar refractivity (Wildman–Crippen MR) is 75.3 cm³/mol. The molecule has 116 valence electrons. The zero-order chi connectivity index (χ0) is 15.8. The lowest BCUT2D eigenvalue weighted by molar-refractivity contribution is -0.143. The maximum atomic E-state index is 10.5. The van der Waals surface area contributed by atoms with Gasteiger partial charge in [-0.2, -0.15) is 0 Å². The smallest absolute Gasteiger partial charge is 0.330 e. The molecule has 8 heteroatoms. The molecule has 0 aromatic heterocycles. The van der Waals surface area contributed by atoms with Crippen LogP contribution < -0.4 is 0 Å². The summed E-state index contributed by atoms with van der Waals surface area (Å²) in [6.07, 6.45) is 1.50. The first-order valence-electron chi connectivity index (χ1n) is 6.24. The van der Waals surface area contributed by atoms with Gasteiger partial charge >= 0.3 is 17.9 Å². The van der Waals surface area contributed by atoms with Crippen molar-refractivity contribution >= 4 is 27.7 Å². The van der Waals surface area contributed by atoms with E-state index in [9.17, 15) is 14.4 Å². The number of esters is 1. The normalized spacial score (nSPS) is 9.65. The number of carboxylic acid groups (broad SMARTS) is 2. The van der Waals surface area contributed by atoms with Crippen LogP contribution in [0.4, 0.5) is 0 Å². The Morgan fingerprint density at radius 3 is 2.15 bits per heavy atom. The molecule has 0 unspecified atom stereocenters. The highest BCUT2D eigenvalue weighted by Crippen LogP contribution is 1.91. The SMILES string of the molecule is C=CC(=O)OCCC[SiH2]OCC.O=C(O)CCC(=O)O. The van der Waals surface area contributed by atoms with Crippen LogP contribution in [0.5, 0.6) is 0 Å². The Kier molecular flexibility index (Phi) is 15.9. The van der Waals surface area contributed by atoms with Gasteiger partial charge in [-0.3, -0.25) is 9.59 Å². The highest BCUT2D eigenvalue weighted by molar-refractivity contribution is 6.26. The molecular weight excluding hydrogens is 284 g/mol. The fraction of sp³-hybridized carbons (Fsp3) is 0.583. The van der Waals surface area contributed by atoms with Crippen molar-refractivity contribution in [3.63, 3.8) is 0 Å². The number of carbonyl (C=O) groups excluding carboxylic acids is 1. The summed E-state index contributed by atoms with van der Waals surface area (Å²) in [6, 6.07) is 1.07. The number of carbonyl (C=O) groups is 3. The Bertz CT molecular complexity index is 290. The molecule has 0 bridgehead atoms. The highest BCUT2D eigenvalue weighted by Gasteiger charge is 2.00. The molecule has 0 rings (SSSR count). The van der Waals surface area contributed by atoms with Crippen LogP contribution in [0.15, 0.2) is 12.7 Å². The molecule has 0 aliphatic heterocycles. The number of carboxylic acids is 2. The molecule has 0 atom stereocenters. The van der Waals surface area contributed by atoms with Gasteiger partial charge < -0.3 is 19.4 Å². The van der Waals surface area contributed by atoms with E-state index in [2.05, 4.69) is 6.58 Å². The van der Waals surface area contributed by atoms with Gasteiger partial charge in [-0.15, -0.1) is 0 Å². The average Bonchev–Trinajstić information content (AvgIpc) is 2.40. The molecule has 0 aromatic rings. The van der Waals surface area contributed by atoms with Gasteiger partial charge in [-0.05, 0) is 19.4 Å². The molecule has 0 spiro atoms. The first-order valence-corrected chi connectivity index (χ1v) is 7.82. The first-order chi connectivity index (χ1) is 9.43. The second-order valence-electron chi connectivity index (χ2n) is 3.56. The summed E-state index contributed by atoms with van der Waals surface area (Å²) in [7, 11) is -0.357. The van der Waals surface area contributed by atoms with Gasteiger partial charge in [0.2, 0.25) is 0 Å². The van der Waals surface area contributed by atoms with Crippen LogP contribution in [-0.2, 0) is 23.5 Å². The van der Waals surface area contributed by atoms with Crippen molar-refractivity contribution in [3.8, 4) is 0 Å². The average molecular weight is 306 g/mol. The minimum Gasteiger partial charge on any atom is -0.481 e. The van der Waals surface area contributed by atoms with Crippen molar-refractivity contribution in [2.45, 2.75) is 32.2 Å². The van der Waals surface area contributed by atoms with Gasteiger partial charge in [0.15, 0.2) is 9.76 Å². The van der Waals surface area contributed by atoms with E-state index in [1.165, 1.54) is 6.08 Å². The van der Waals surface area contributed by atoms with E-state index in [-0.39, 0.29) is 28.6 Å². The molecule has 2 N–H and O–H groups in total. The van der Waals surface area contributed by atoms with E-state index < -0.39 is 11.9 Å². The number of hydrogen-bond acceptors (Lipinski definition) is 5. The molecule has 7 nitrogen and oxygen atoms in total. The summed E-state index contributed by atoms with van der Waals surface area (Å²) < 4.78 is 10.0. The van der Waals surface area contributed by atoms with Crippen molar-refractivity contribution < 1.29 is 33.8 Å². The largest absolute Gasteiger partial charge is 0.481 e. The second-order valence-corrected chi connectivity index (χ2v) is 5.09. The summed E-state index contributed by atoms with van der Waals surface area (Å²) in [6.45, 7) is 6.58. The first kappa shape index (κ1) is 20.6. The van der Waals surface area contributed by atoms with E-state index in [4.69, 9.17) is 19.4 Å². The Balaban J connectivity index is 0. The van der Waals surface area contributed by atoms with E-state index in [0.29, 0.717) is 6.61 Å². The Hall–Kier alpha value is -1.67. The van der Waals surface area contributed by atoms with Crippen LogP contribution in [0.1, 0.15) is 26.2 Å². The predicted octanol–water partition coefficient (Wildman–Crippen LogP) is 0.580. The van der Waals surface area contributed by atoms with E-state index in [0.717, 1.165) is 19.1 Å². The Labute approximate surface area is 120 Å². The highest BCUT2D eigenvalue weighted by atomic mass is 28.2. The van der Waals surface area contributed by atoms with Crippen molar-refractivity contribution in [1.82, 2.24) is 0 Å². The third kappa shape index (κ3) is 21.6. The monoisotopic (exact) mass is 306 g/mol. The van der Waals surface area contributed by atoms with Gasteiger partial charge in [-0.1, -0.05) is 6.58 Å². The summed E-state index contributed by atoms with van der Waals surface area (Å²) in [5.41, 5.74) is 0. The summed E-state index contributed by atoms with van der Waals surface area (Å²) in [4.78, 5) is 29.8. The van der Waals surface area contributed by atoms with Crippen molar-refractivity contribution in [1.29, 1.82) is 0 Å². The fourth-order valence-corrected chi connectivity index (χ4v) is 1.80. The van der Waals surface area contributed by atoms with E-state index in [1.54, 1.807) is 0 Å². The van der Waals surface area contributed by atoms with Crippen molar-refractivity contribution in [3.05, 3.63) is 12.7 Å². The van der Waals surface area contributed by atoms with Gasteiger partial charge in [-0.25, -0.2) is 4.79 Å². The topological polar surface area (TPSA) is 110 Å². The van der Waals surface area contributed by atoms with Crippen molar-refractivity contribution in [2.24, 2.45) is 0 Å². The lowest BCUT2D eigenvalue weighted by Crippen LogP contribution is -2.04. The maximum absolute atomic E-state index is 10.5. The van der Waals surface area contributed by atoms with Crippen molar-refractivity contribution in [2.75, 3.05) is 13.2 Å². The minimum atomic E-state index is -1.08. The maximum Gasteiger partial charge on any atom is 0.330 e. The number of ether oxygens (including phenoxy) is 1. The molecule has 0 aromatic carbocycles. The number of hydrogen-bond donors (Lipinski definition) is 2. The van der Waals surface area contributed by atoms with Gasteiger partial charge in [0.1, 0.15) is 0 Å². The van der Waals surface area contributed by atoms with Gasteiger partial charge in [0.05, 0.1) is 19.4 Å². The number of aliphatic carboxylic acids is 2. The van der Waals surface area contributed by atoms with E-state index in [1.807, 2.05) is 6.92 Å². The van der Waals surface area contributed by atoms with E-state index >= 15 is 0 Å². The lowest BCUT2D eigenvalue weighted by atomic mass is 10.3. The van der Waals surface area contributed by atoms with Gasteiger partial charge in [0.25, 0.3) is 0 Å². The zero-order valence-corrected chi connectivity index (χ0v) is 13.1. The molecule has 0 aliphatic carbocycles. The molecule has 20 heavy (non-hydrogen) atoms. The number of rotatable bonds is 10. The fourth-order valence-electron chi connectivity index (χ4n) is 0.896. The van der Waals surface area contributed by atoms with Crippen LogP contribution in [0.25, 0.3) is 0 Å². The molecule has 0 saturated heterocycles. The third-order valence-corrected chi connectivity index (χ3v) is 3.34. The molecule has 0 aliphatic rings. The van der Waals surface area contributed by atoms with Crippen LogP contribution in [0, 0.1) is 0 Å². The summed E-state index contributed by atoms with van der Waals surface area (Å²) >= 11 is 0. The molecule has 0 amide bonds. The lowest BCUT2D eigenvalue weighted by Gasteiger charge is -2.01. The Morgan fingerprint density at radius 1 is 1.20 bits per heavy atom. The Morgan fingerprint density at radius 2 is 1.75 bits per heavy atom. The molecular formula is C12H22O7Si. The van der Waals surface area contributed by atoms with Crippen LogP contribution >= 0.6 is 0 Å². The molecule has 0 saturated carbocycles. The zero-order valence-electron chi connectivity index (χ0n) is 11.7. The molecule has 0 heterocycles. The summed E-state index contributed by atoms with van der Waals surface area (Å²) in [5.74, 6) is -2.49. The van der Waals surface area contributed by atoms with Crippen LogP contribution in [0.3, 0.4) is 0 Å². The van der Waals surface area contributed by atoms with Crippen LogP contribution in [-0.4, -0.2) is 51.1 Å². The third-order valence-electron chi connectivity index (χ3n) is 1.85. The quantitative estimate of drug-likeness (QED) is 0.263.